The number of sulfonamides is 2. The summed E-state index contributed by atoms with van der Waals surface area (Å²) in [7, 11) is -2.68. The zero-order valence-electron chi connectivity index (χ0n) is 12.6. The van der Waals surface area contributed by atoms with Crippen LogP contribution >= 0.6 is 0 Å². The normalized spacial score (nSPS) is 23.3. The molecule has 2 atom stereocenters. The predicted octanol–water partition coefficient (Wildman–Crippen LogP) is -1.40. The lowest BCUT2D eigenvalue weighted by Gasteiger charge is -2.20. The van der Waals surface area contributed by atoms with Gasteiger partial charge in [0.15, 0.2) is 0 Å². The Kier molecular flexibility index (Phi) is 4.92. The molecule has 1 N–H and O–H groups in total. The highest BCUT2D eigenvalue weighted by Crippen LogP contribution is 2.19. The maximum Gasteiger partial charge on any atom is 0.244 e. The molecule has 0 aromatic carbocycles. The highest BCUT2D eigenvalue weighted by molar-refractivity contribution is 7.89. The molecule has 9 nitrogen and oxygen atoms in total. The Morgan fingerprint density at radius 3 is 2.59 bits per heavy atom. The van der Waals surface area contributed by atoms with E-state index in [0.29, 0.717) is 0 Å². The van der Waals surface area contributed by atoms with Crippen LogP contribution in [0, 0.1) is 5.92 Å². The number of nitrogens with one attached hydrogen (secondary N) is 1. The van der Waals surface area contributed by atoms with E-state index in [-0.39, 0.29) is 23.9 Å². The van der Waals surface area contributed by atoms with Crippen LogP contribution in [0.3, 0.4) is 0 Å². The minimum absolute atomic E-state index is 0.0381. The van der Waals surface area contributed by atoms with Gasteiger partial charge < -0.3 is 4.74 Å². The maximum atomic E-state index is 12.3. The average molecular weight is 352 g/mol. The Hall–Kier alpha value is -1.01. The molecule has 0 amide bonds. The number of aryl methyl sites for hydroxylation is 1. The van der Waals surface area contributed by atoms with Crippen molar-refractivity contribution >= 4 is 20.0 Å². The van der Waals surface area contributed by atoms with Crippen LogP contribution in [0.5, 0.6) is 0 Å². The molecule has 2 heterocycles. The zero-order valence-corrected chi connectivity index (χ0v) is 14.3. The van der Waals surface area contributed by atoms with E-state index in [0.717, 1.165) is 4.31 Å². The first-order valence-corrected chi connectivity index (χ1v) is 9.70. The second-order valence-electron chi connectivity index (χ2n) is 5.44. The van der Waals surface area contributed by atoms with E-state index in [1.54, 1.807) is 7.05 Å². The summed E-state index contributed by atoms with van der Waals surface area (Å²) in [5.41, 5.74) is 0. The first kappa shape index (κ1) is 17.3. The third kappa shape index (κ3) is 3.84. The molecule has 0 aliphatic carbocycles. The fourth-order valence-corrected chi connectivity index (χ4v) is 4.56. The lowest BCUT2D eigenvalue weighted by Crippen LogP contribution is -2.43. The lowest BCUT2D eigenvalue weighted by molar-refractivity contribution is 0.185. The highest BCUT2D eigenvalue weighted by atomic mass is 32.2. The second kappa shape index (κ2) is 6.24. The molecule has 22 heavy (non-hydrogen) atoms. The minimum atomic E-state index is -3.75. The van der Waals surface area contributed by atoms with Crippen LogP contribution in [-0.4, -0.2) is 70.0 Å². The molecular weight excluding hydrogens is 332 g/mol. The van der Waals surface area contributed by atoms with Crippen molar-refractivity contribution in [2.24, 2.45) is 13.0 Å². The first-order chi connectivity index (χ1) is 10.1. The lowest BCUT2D eigenvalue weighted by atomic mass is 10.1. The SMILES string of the molecule is CN(C)S(=O)(=O)C[C@@H]1COC[C@H]1NS(=O)(=O)c1cnn(C)c1. The van der Waals surface area contributed by atoms with Gasteiger partial charge in [-0.05, 0) is 0 Å². The third-order valence-corrected chi connectivity index (χ3v) is 6.88. The monoisotopic (exact) mass is 352 g/mol. The van der Waals surface area contributed by atoms with Crippen LogP contribution in [0.15, 0.2) is 17.3 Å². The van der Waals surface area contributed by atoms with Gasteiger partial charge in [0.2, 0.25) is 20.0 Å². The molecule has 0 unspecified atom stereocenters. The predicted molar refractivity (Wildman–Crippen MR) is 79.1 cm³/mol. The molecule has 1 aromatic rings. The summed E-state index contributed by atoms with van der Waals surface area (Å²) >= 11 is 0. The topological polar surface area (TPSA) is 111 Å². The summed E-state index contributed by atoms with van der Waals surface area (Å²) in [6.07, 6.45) is 2.62. The van der Waals surface area contributed by atoms with Gasteiger partial charge in [-0.15, -0.1) is 0 Å². The summed E-state index contributed by atoms with van der Waals surface area (Å²) in [6, 6.07) is -0.583. The number of ether oxygens (including phenoxy) is 1. The Balaban J connectivity index is 2.12. The Labute approximate surface area is 130 Å². The van der Waals surface area contributed by atoms with E-state index in [1.807, 2.05) is 0 Å². The van der Waals surface area contributed by atoms with Crippen LogP contribution in [0.4, 0.5) is 0 Å². The number of hydrogen-bond acceptors (Lipinski definition) is 6. The molecule has 0 spiro atoms. The van der Waals surface area contributed by atoms with Gasteiger partial charge in [0.1, 0.15) is 4.90 Å². The molecule has 0 radical (unpaired) electrons. The molecule has 1 aliphatic rings. The van der Waals surface area contributed by atoms with Gasteiger partial charge in [-0.25, -0.2) is 25.9 Å². The summed E-state index contributed by atoms with van der Waals surface area (Å²) in [6.45, 7) is 0.348. The van der Waals surface area contributed by atoms with Crippen molar-refractivity contribution in [3.05, 3.63) is 12.4 Å². The molecule has 0 bridgehead atoms. The molecule has 0 saturated carbocycles. The fourth-order valence-electron chi connectivity index (χ4n) is 2.12. The molecule has 1 saturated heterocycles. The largest absolute Gasteiger partial charge is 0.379 e. The van der Waals surface area contributed by atoms with Crippen molar-refractivity contribution < 1.29 is 21.6 Å². The van der Waals surface area contributed by atoms with Gasteiger partial charge in [-0.2, -0.15) is 5.10 Å². The van der Waals surface area contributed by atoms with Crippen molar-refractivity contribution in [3.8, 4) is 0 Å². The molecule has 2 rings (SSSR count). The molecule has 1 aromatic heterocycles. The summed E-state index contributed by atoms with van der Waals surface area (Å²) in [5, 5.41) is 3.82. The van der Waals surface area contributed by atoms with Crippen LogP contribution in [0.25, 0.3) is 0 Å². The van der Waals surface area contributed by atoms with Gasteiger partial charge in [0.25, 0.3) is 0 Å². The van der Waals surface area contributed by atoms with Crippen molar-refractivity contribution in [1.82, 2.24) is 18.8 Å². The minimum Gasteiger partial charge on any atom is -0.379 e. The summed E-state index contributed by atoms with van der Waals surface area (Å²) < 4.78 is 58.7. The van der Waals surface area contributed by atoms with Crippen LogP contribution in [0.1, 0.15) is 0 Å². The molecular formula is C11H20N4O5S2. The number of nitrogens with zero attached hydrogens (tertiary/aromatic N) is 3. The van der Waals surface area contributed by atoms with Crippen molar-refractivity contribution in [2.45, 2.75) is 10.9 Å². The van der Waals surface area contributed by atoms with Gasteiger partial charge in [-0.1, -0.05) is 0 Å². The average Bonchev–Trinajstić information content (AvgIpc) is 2.99. The van der Waals surface area contributed by atoms with E-state index in [9.17, 15) is 16.8 Å². The smallest absolute Gasteiger partial charge is 0.244 e. The van der Waals surface area contributed by atoms with Crippen molar-refractivity contribution in [3.63, 3.8) is 0 Å². The second-order valence-corrected chi connectivity index (χ2v) is 9.38. The summed E-state index contributed by atoms with van der Waals surface area (Å²) in [4.78, 5) is 0.0381. The van der Waals surface area contributed by atoms with Crippen LogP contribution in [0.2, 0.25) is 0 Å². The fraction of sp³-hybridized carbons (Fsp3) is 0.727. The van der Waals surface area contributed by atoms with E-state index >= 15 is 0 Å². The maximum absolute atomic E-state index is 12.3. The standard InChI is InChI=1S/C11H20N4O5S2/c1-14(2)21(16,17)8-9-6-20-7-11(9)13-22(18,19)10-4-12-15(3)5-10/h4-5,9,11,13H,6-8H2,1-3H3/t9-,11+/m0/s1. The zero-order chi connectivity index (χ0) is 16.5. The molecule has 126 valence electrons. The quantitative estimate of drug-likeness (QED) is 0.674. The van der Waals surface area contributed by atoms with Crippen molar-refractivity contribution in [2.75, 3.05) is 33.1 Å². The van der Waals surface area contributed by atoms with Crippen LogP contribution in [-0.2, 0) is 31.8 Å². The number of aromatic nitrogens is 2. The Bertz CT molecular complexity index is 725. The van der Waals surface area contributed by atoms with E-state index in [4.69, 9.17) is 4.74 Å². The van der Waals surface area contributed by atoms with E-state index < -0.39 is 32.0 Å². The van der Waals surface area contributed by atoms with Gasteiger partial charge in [0.05, 0.1) is 31.2 Å². The van der Waals surface area contributed by atoms with Crippen LogP contribution < -0.4 is 4.72 Å². The Morgan fingerprint density at radius 2 is 2.05 bits per heavy atom. The molecule has 11 heteroatoms. The number of rotatable bonds is 6. The van der Waals surface area contributed by atoms with Gasteiger partial charge >= 0.3 is 0 Å². The molecule has 1 aliphatic heterocycles. The highest BCUT2D eigenvalue weighted by Gasteiger charge is 2.36. The number of hydrogen-bond donors (Lipinski definition) is 1. The van der Waals surface area contributed by atoms with Gasteiger partial charge in [0, 0.05) is 33.3 Å². The first-order valence-electron chi connectivity index (χ1n) is 6.61. The third-order valence-electron chi connectivity index (χ3n) is 3.48. The summed E-state index contributed by atoms with van der Waals surface area (Å²) in [5.74, 6) is -0.598. The van der Waals surface area contributed by atoms with E-state index in [2.05, 4.69) is 9.82 Å². The van der Waals surface area contributed by atoms with Gasteiger partial charge in [-0.3, -0.25) is 4.68 Å². The Morgan fingerprint density at radius 1 is 1.36 bits per heavy atom. The molecule has 1 fully saturated rings. The van der Waals surface area contributed by atoms with Crippen molar-refractivity contribution in [1.29, 1.82) is 0 Å². The van der Waals surface area contributed by atoms with E-state index in [1.165, 1.54) is 31.2 Å².